The average molecular weight is 455 g/mol. The Morgan fingerprint density at radius 3 is 2.62 bits per heavy atom. The van der Waals surface area contributed by atoms with E-state index in [0.29, 0.717) is 59.0 Å². The molecule has 0 radical (unpaired) electrons. The number of morpholine rings is 1. The van der Waals surface area contributed by atoms with Gasteiger partial charge in [0.05, 0.1) is 24.5 Å². The molecule has 0 amide bonds. The lowest BCUT2D eigenvalue weighted by Gasteiger charge is -2.32. The number of hydrogen-bond acceptors (Lipinski definition) is 8. The molecule has 5 rings (SSSR count). The van der Waals surface area contributed by atoms with Crippen LogP contribution in [0.15, 0.2) is 28.8 Å². The number of benzene rings is 1. The number of fused-ring (bicyclic) bond motifs is 1. The molecule has 164 valence electrons. The second-order valence-electron chi connectivity index (χ2n) is 7.73. The zero-order chi connectivity index (χ0) is 22.4. The van der Waals surface area contributed by atoms with Crippen LogP contribution in [0.1, 0.15) is 28.9 Å². The third-order valence-corrected chi connectivity index (χ3v) is 5.68. The molecule has 1 saturated heterocycles. The topological polar surface area (TPSA) is 90.1 Å². The molecule has 4 heterocycles. The Kier molecular flexibility index (Phi) is 5.22. The highest BCUT2D eigenvalue weighted by molar-refractivity contribution is 6.30. The van der Waals surface area contributed by atoms with E-state index < -0.39 is 5.82 Å². The Morgan fingerprint density at radius 2 is 1.88 bits per heavy atom. The average Bonchev–Trinajstić information content (AvgIpc) is 3.21. The molecule has 1 aliphatic heterocycles. The minimum Gasteiger partial charge on any atom is -0.368 e. The normalized spacial score (nSPS) is 16.7. The fraction of sp³-hybridized carbons (Fsp3) is 0.318. The van der Waals surface area contributed by atoms with Crippen LogP contribution >= 0.6 is 11.6 Å². The van der Waals surface area contributed by atoms with Crippen molar-refractivity contribution >= 4 is 28.7 Å². The van der Waals surface area contributed by atoms with Gasteiger partial charge in [0, 0.05) is 23.2 Å². The maximum absolute atomic E-state index is 14.9. The van der Waals surface area contributed by atoms with E-state index in [0.717, 1.165) is 11.4 Å². The third-order valence-electron chi connectivity index (χ3n) is 5.44. The predicted molar refractivity (Wildman–Crippen MR) is 117 cm³/mol. The van der Waals surface area contributed by atoms with Crippen LogP contribution in [0.4, 0.5) is 10.3 Å². The fourth-order valence-electron chi connectivity index (χ4n) is 3.66. The van der Waals surface area contributed by atoms with Gasteiger partial charge in [-0.3, -0.25) is 0 Å². The van der Waals surface area contributed by atoms with E-state index in [1.54, 1.807) is 12.1 Å². The van der Waals surface area contributed by atoms with Gasteiger partial charge in [0.15, 0.2) is 5.65 Å². The molecule has 1 fully saturated rings. The minimum atomic E-state index is -0.485. The first-order chi connectivity index (χ1) is 15.4. The molecule has 0 bridgehead atoms. The molecular weight excluding hydrogens is 435 g/mol. The van der Waals surface area contributed by atoms with Gasteiger partial charge < -0.3 is 14.2 Å². The second-order valence-corrected chi connectivity index (χ2v) is 8.17. The van der Waals surface area contributed by atoms with E-state index in [1.807, 2.05) is 31.7 Å². The molecule has 10 heteroatoms. The number of nitrogens with zero attached hydrogens (tertiary/aromatic N) is 6. The smallest absolute Gasteiger partial charge is 0.228 e. The lowest BCUT2D eigenvalue weighted by atomic mass is 10.1. The van der Waals surface area contributed by atoms with E-state index in [4.69, 9.17) is 25.8 Å². The molecule has 3 aromatic heterocycles. The van der Waals surface area contributed by atoms with Crippen molar-refractivity contribution in [1.29, 1.82) is 0 Å². The van der Waals surface area contributed by atoms with Gasteiger partial charge in [-0.25, -0.2) is 19.3 Å². The highest BCUT2D eigenvalue weighted by atomic mass is 35.5. The molecule has 1 atom stereocenters. The van der Waals surface area contributed by atoms with Crippen LogP contribution in [0.3, 0.4) is 0 Å². The Balaban J connectivity index is 1.62. The molecular formula is C22H20ClFN6O2. The number of ether oxygens (including phenoxy) is 1. The summed E-state index contributed by atoms with van der Waals surface area (Å²) in [5, 5.41) is 4.38. The van der Waals surface area contributed by atoms with Gasteiger partial charge in [0.25, 0.3) is 0 Å². The summed E-state index contributed by atoms with van der Waals surface area (Å²) in [6, 6.07) is 6.33. The Morgan fingerprint density at radius 1 is 1.06 bits per heavy atom. The first-order valence-corrected chi connectivity index (χ1v) is 10.5. The maximum atomic E-state index is 14.9. The number of hydrogen-bond donors (Lipinski definition) is 0. The largest absolute Gasteiger partial charge is 0.368 e. The summed E-state index contributed by atoms with van der Waals surface area (Å²) in [7, 11) is 0. The summed E-state index contributed by atoms with van der Waals surface area (Å²) in [5.74, 6) is 0.652. The zero-order valence-electron chi connectivity index (χ0n) is 17.8. The number of rotatable bonds is 3. The standard InChI is InChI=1S/C22H20ClFN6O2/c1-11-8-17(29-32-11)18-10-30(6-7-31-18)22-27-19(15-5-4-14(23)9-16(15)24)20-21(28-22)26-13(3)12(2)25-20/h4-5,8-9,18H,6-7,10H2,1-3H3/t18-/m0/s1. The van der Waals surface area contributed by atoms with Crippen LogP contribution in [0, 0.1) is 26.6 Å². The minimum absolute atomic E-state index is 0.289. The van der Waals surface area contributed by atoms with Crippen molar-refractivity contribution in [2.75, 3.05) is 24.6 Å². The predicted octanol–water partition coefficient (Wildman–Crippen LogP) is 4.37. The summed E-state index contributed by atoms with van der Waals surface area (Å²) in [6.45, 7) is 7.05. The van der Waals surface area contributed by atoms with Crippen LogP contribution in [0.2, 0.25) is 5.02 Å². The van der Waals surface area contributed by atoms with E-state index in [1.165, 1.54) is 6.07 Å². The Bertz CT molecular complexity index is 1330. The second kappa shape index (κ2) is 8.07. The molecule has 0 unspecified atom stereocenters. The Labute approximate surface area is 188 Å². The molecule has 32 heavy (non-hydrogen) atoms. The molecule has 1 aliphatic rings. The van der Waals surface area contributed by atoms with Crippen molar-refractivity contribution in [1.82, 2.24) is 25.1 Å². The summed E-state index contributed by atoms with van der Waals surface area (Å²) < 4.78 is 25.9. The van der Waals surface area contributed by atoms with Gasteiger partial charge >= 0.3 is 0 Å². The quantitative estimate of drug-likeness (QED) is 0.450. The first-order valence-electron chi connectivity index (χ1n) is 10.2. The van der Waals surface area contributed by atoms with Gasteiger partial charge in [0.1, 0.15) is 34.6 Å². The van der Waals surface area contributed by atoms with Crippen molar-refractivity contribution in [3.8, 4) is 11.3 Å². The first kappa shape index (κ1) is 20.7. The fourth-order valence-corrected chi connectivity index (χ4v) is 3.82. The van der Waals surface area contributed by atoms with E-state index in [9.17, 15) is 4.39 Å². The highest BCUT2D eigenvalue weighted by Crippen LogP contribution is 2.32. The highest BCUT2D eigenvalue weighted by Gasteiger charge is 2.28. The monoisotopic (exact) mass is 454 g/mol. The van der Waals surface area contributed by atoms with E-state index >= 15 is 0 Å². The molecule has 0 saturated carbocycles. The molecule has 0 N–H and O–H groups in total. The molecule has 0 aliphatic carbocycles. The molecule has 0 spiro atoms. The van der Waals surface area contributed by atoms with Crippen LogP contribution in [0.25, 0.3) is 22.4 Å². The summed E-state index contributed by atoms with van der Waals surface area (Å²) in [6.07, 6.45) is -0.290. The summed E-state index contributed by atoms with van der Waals surface area (Å²) in [4.78, 5) is 20.6. The van der Waals surface area contributed by atoms with Crippen molar-refractivity contribution < 1.29 is 13.7 Å². The third kappa shape index (κ3) is 3.78. The van der Waals surface area contributed by atoms with Crippen molar-refractivity contribution in [2.45, 2.75) is 26.9 Å². The van der Waals surface area contributed by atoms with E-state index in [2.05, 4.69) is 20.1 Å². The van der Waals surface area contributed by atoms with E-state index in [-0.39, 0.29) is 11.7 Å². The number of halogens is 2. The summed E-state index contributed by atoms with van der Waals surface area (Å²) >= 11 is 5.96. The van der Waals surface area contributed by atoms with Crippen molar-refractivity contribution in [3.63, 3.8) is 0 Å². The number of aryl methyl sites for hydroxylation is 3. The van der Waals surface area contributed by atoms with Gasteiger partial charge in [-0.2, -0.15) is 4.98 Å². The van der Waals surface area contributed by atoms with Crippen LogP contribution in [0.5, 0.6) is 0 Å². The van der Waals surface area contributed by atoms with Gasteiger partial charge in [-0.15, -0.1) is 0 Å². The van der Waals surface area contributed by atoms with Gasteiger partial charge in [-0.05, 0) is 39.0 Å². The molecule has 8 nitrogen and oxygen atoms in total. The van der Waals surface area contributed by atoms with Gasteiger partial charge in [0.2, 0.25) is 5.95 Å². The Hall–Kier alpha value is -3.17. The number of aromatic nitrogens is 5. The summed E-state index contributed by atoms with van der Waals surface area (Å²) in [5.41, 5.74) is 3.70. The SMILES string of the molecule is Cc1cc([C@@H]2CN(c3nc(-c4ccc(Cl)cc4F)c4nc(C)c(C)nc4n3)CCO2)no1. The van der Waals surface area contributed by atoms with Crippen LogP contribution in [-0.2, 0) is 4.74 Å². The molecule has 1 aromatic carbocycles. The lowest BCUT2D eigenvalue weighted by Crippen LogP contribution is -2.39. The molecule has 4 aromatic rings. The lowest BCUT2D eigenvalue weighted by molar-refractivity contribution is 0.0345. The van der Waals surface area contributed by atoms with Gasteiger partial charge in [-0.1, -0.05) is 16.8 Å². The van der Waals surface area contributed by atoms with Crippen molar-refractivity contribution in [2.24, 2.45) is 0 Å². The zero-order valence-corrected chi connectivity index (χ0v) is 18.5. The van der Waals surface area contributed by atoms with Crippen molar-refractivity contribution in [3.05, 3.63) is 57.9 Å². The maximum Gasteiger partial charge on any atom is 0.228 e. The number of anilines is 1. The van der Waals surface area contributed by atoms with Crippen LogP contribution in [-0.4, -0.2) is 44.8 Å². The van der Waals surface area contributed by atoms with Crippen LogP contribution < -0.4 is 4.90 Å².